The number of amides is 2. The van der Waals surface area contributed by atoms with Gasteiger partial charge in [-0.25, -0.2) is 4.98 Å². The lowest BCUT2D eigenvalue weighted by atomic mass is 10.0. The number of aromatic nitrogens is 1. The molecule has 174 valence electrons. The van der Waals surface area contributed by atoms with Gasteiger partial charge >= 0.3 is 0 Å². The van der Waals surface area contributed by atoms with Crippen molar-refractivity contribution in [2.45, 2.75) is 19.0 Å². The van der Waals surface area contributed by atoms with Crippen LogP contribution in [-0.4, -0.2) is 58.8 Å². The quantitative estimate of drug-likeness (QED) is 0.443. The number of para-hydroxylation sites is 1. The molecule has 7 nitrogen and oxygen atoms in total. The van der Waals surface area contributed by atoms with Crippen molar-refractivity contribution in [2.24, 2.45) is 0 Å². The lowest BCUT2D eigenvalue weighted by Crippen LogP contribution is -2.55. The first-order valence-electron chi connectivity index (χ1n) is 11.4. The van der Waals surface area contributed by atoms with Gasteiger partial charge < -0.3 is 14.6 Å². The Balaban J connectivity index is 1.22. The Morgan fingerprint density at radius 3 is 2.47 bits per heavy atom. The number of rotatable bonds is 7. The van der Waals surface area contributed by atoms with Crippen LogP contribution in [0.5, 0.6) is 0 Å². The van der Waals surface area contributed by atoms with E-state index in [0.717, 1.165) is 35.7 Å². The summed E-state index contributed by atoms with van der Waals surface area (Å²) in [7, 11) is 0. The van der Waals surface area contributed by atoms with Gasteiger partial charge in [0.05, 0.1) is 23.0 Å². The molecule has 0 aliphatic carbocycles. The molecule has 1 atom stereocenters. The molecule has 5 rings (SSSR count). The molecule has 1 fully saturated rings. The monoisotopic (exact) mass is 474 g/mol. The molecule has 4 aromatic rings. The normalized spacial score (nSPS) is 15.4. The average molecular weight is 475 g/mol. The van der Waals surface area contributed by atoms with E-state index in [1.165, 1.54) is 11.0 Å². The summed E-state index contributed by atoms with van der Waals surface area (Å²) in [6, 6.07) is 20.5. The highest BCUT2D eigenvalue weighted by Crippen LogP contribution is 2.23. The van der Waals surface area contributed by atoms with Crippen LogP contribution in [0.3, 0.4) is 0 Å². The molecular formula is C26H26N4O3S. The maximum absolute atomic E-state index is 13.4. The molecule has 8 heteroatoms. The second-order valence-corrected chi connectivity index (χ2v) is 9.49. The fourth-order valence-electron chi connectivity index (χ4n) is 4.21. The number of furan rings is 1. The van der Waals surface area contributed by atoms with Crippen molar-refractivity contribution < 1.29 is 14.0 Å². The second kappa shape index (κ2) is 10.2. The minimum absolute atomic E-state index is 0.0663. The van der Waals surface area contributed by atoms with Gasteiger partial charge in [0, 0.05) is 32.6 Å². The number of fused-ring (bicyclic) bond motifs is 1. The van der Waals surface area contributed by atoms with Crippen LogP contribution in [0.4, 0.5) is 0 Å². The number of carbonyl (C=O) groups excluding carboxylic acids is 2. The highest BCUT2D eigenvalue weighted by Gasteiger charge is 2.30. The van der Waals surface area contributed by atoms with Gasteiger partial charge in [-0.3, -0.25) is 14.5 Å². The summed E-state index contributed by atoms with van der Waals surface area (Å²) in [5.74, 6) is -0.247. The molecule has 0 bridgehead atoms. The van der Waals surface area contributed by atoms with Crippen molar-refractivity contribution in [3.63, 3.8) is 0 Å². The van der Waals surface area contributed by atoms with Crippen LogP contribution in [0.2, 0.25) is 0 Å². The van der Waals surface area contributed by atoms with Crippen molar-refractivity contribution in [2.75, 3.05) is 26.2 Å². The number of benzene rings is 2. The molecule has 1 unspecified atom stereocenters. The maximum Gasteiger partial charge on any atom is 0.287 e. The van der Waals surface area contributed by atoms with E-state index in [-0.39, 0.29) is 17.6 Å². The highest BCUT2D eigenvalue weighted by atomic mass is 32.1. The Morgan fingerprint density at radius 2 is 1.74 bits per heavy atom. The van der Waals surface area contributed by atoms with Crippen molar-refractivity contribution in [3.05, 3.63) is 89.3 Å². The zero-order valence-corrected chi connectivity index (χ0v) is 19.5. The van der Waals surface area contributed by atoms with Crippen LogP contribution < -0.4 is 5.32 Å². The van der Waals surface area contributed by atoms with E-state index in [1.54, 1.807) is 23.5 Å². The van der Waals surface area contributed by atoms with E-state index in [9.17, 15) is 9.59 Å². The summed E-state index contributed by atoms with van der Waals surface area (Å²) >= 11 is 1.72. The zero-order valence-electron chi connectivity index (χ0n) is 18.7. The van der Waals surface area contributed by atoms with E-state index in [0.29, 0.717) is 19.5 Å². The molecule has 3 heterocycles. The van der Waals surface area contributed by atoms with E-state index < -0.39 is 6.04 Å². The van der Waals surface area contributed by atoms with E-state index in [2.05, 4.69) is 16.3 Å². The molecule has 0 spiro atoms. The van der Waals surface area contributed by atoms with Gasteiger partial charge in [0.1, 0.15) is 11.0 Å². The molecule has 34 heavy (non-hydrogen) atoms. The summed E-state index contributed by atoms with van der Waals surface area (Å²) in [4.78, 5) is 35.0. The predicted octanol–water partition coefficient (Wildman–Crippen LogP) is 3.57. The lowest BCUT2D eigenvalue weighted by molar-refractivity contribution is -0.135. The molecule has 2 amide bonds. The van der Waals surface area contributed by atoms with Crippen LogP contribution in [0.15, 0.2) is 77.4 Å². The number of hydrogen-bond donors (Lipinski definition) is 1. The Bertz CT molecular complexity index is 1210. The van der Waals surface area contributed by atoms with Gasteiger partial charge in [0.15, 0.2) is 5.76 Å². The molecular weight excluding hydrogens is 448 g/mol. The summed E-state index contributed by atoms with van der Waals surface area (Å²) in [6.07, 6.45) is 1.88. The Morgan fingerprint density at radius 1 is 0.971 bits per heavy atom. The van der Waals surface area contributed by atoms with E-state index in [1.807, 2.05) is 53.4 Å². The van der Waals surface area contributed by atoms with Crippen LogP contribution in [0.25, 0.3) is 10.2 Å². The van der Waals surface area contributed by atoms with Gasteiger partial charge in [-0.2, -0.15) is 0 Å². The average Bonchev–Trinajstić information content (AvgIpc) is 3.54. The molecule has 1 saturated heterocycles. The highest BCUT2D eigenvalue weighted by molar-refractivity contribution is 7.18. The Hall–Kier alpha value is -3.49. The zero-order chi connectivity index (χ0) is 23.3. The number of thiazole rings is 1. The van der Waals surface area contributed by atoms with Crippen LogP contribution in [-0.2, 0) is 17.8 Å². The van der Waals surface area contributed by atoms with Gasteiger partial charge in [-0.15, -0.1) is 11.3 Å². The summed E-state index contributed by atoms with van der Waals surface area (Å²) in [6.45, 7) is 3.55. The molecule has 1 N–H and O–H groups in total. The smallest absolute Gasteiger partial charge is 0.287 e. The molecule has 1 aliphatic heterocycles. The largest absolute Gasteiger partial charge is 0.459 e. The van der Waals surface area contributed by atoms with Crippen molar-refractivity contribution in [3.8, 4) is 0 Å². The second-order valence-electron chi connectivity index (χ2n) is 8.37. The van der Waals surface area contributed by atoms with E-state index >= 15 is 0 Å². The Kier molecular flexibility index (Phi) is 6.69. The minimum atomic E-state index is -0.657. The molecule has 0 radical (unpaired) electrons. The van der Waals surface area contributed by atoms with E-state index in [4.69, 9.17) is 9.40 Å². The van der Waals surface area contributed by atoms with Crippen molar-refractivity contribution in [1.29, 1.82) is 0 Å². The number of carbonyl (C=O) groups is 2. The molecule has 1 aliphatic rings. The SMILES string of the molecule is O=C(NC(Cc1ccccc1)C(=O)N1CCN(Cc2nc3ccccc3s2)CC1)c1ccco1. The molecule has 0 saturated carbocycles. The molecule has 2 aromatic heterocycles. The number of nitrogens with zero attached hydrogens (tertiary/aromatic N) is 3. The first-order chi connectivity index (χ1) is 16.7. The summed E-state index contributed by atoms with van der Waals surface area (Å²) in [5, 5.41) is 3.98. The number of hydrogen-bond acceptors (Lipinski definition) is 6. The summed E-state index contributed by atoms with van der Waals surface area (Å²) < 4.78 is 6.41. The fourth-order valence-corrected chi connectivity index (χ4v) is 5.22. The van der Waals surface area contributed by atoms with Gasteiger partial charge in [-0.1, -0.05) is 42.5 Å². The lowest BCUT2D eigenvalue weighted by Gasteiger charge is -2.36. The third kappa shape index (κ3) is 5.18. The standard InChI is InChI=1S/C26H26N4O3S/c31-25(22-10-6-16-33-22)28-21(17-19-7-2-1-3-8-19)26(32)30-14-12-29(13-15-30)18-24-27-20-9-4-5-11-23(20)34-24/h1-11,16,21H,12-15,17-18H2,(H,28,31). The van der Waals surface area contributed by atoms with Gasteiger partial charge in [0.25, 0.3) is 5.91 Å². The Labute approximate surface area is 202 Å². The first-order valence-corrected chi connectivity index (χ1v) is 12.2. The van der Waals surface area contributed by atoms with Gasteiger partial charge in [-0.05, 0) is 29.8 Å². The maximum atomic E-state index is 13.4. The predicted molar refractivity (Wildman–Crippen MR) is 132 cm³/mol. The topological polar surface area (TPSA) is 78.7 Å². The molecule has 2 aromatic carbocycles. The minimum Gasteiger partial charge on any atom is -0.459 e. The fraction of sp³-hybridized carbons (Fsp3) is 0.269. The number of nitrogens with one attached hydrogen (secondary N) is 1. The van der Waals surface area contributed by atoms with Crippen molar-refractivity contribution in [1.82, 2.24) is 20.1 Å². The number of piperazine rings is 1. The van der Waals surface area contributed by atoms with Crippen LogP contribution in [0.1, 0.15) is 21.1 Å². The first kappa shape index (κ1) is 22.3. The van der Waals surface area contributed by atoms with Crippen molar-refractivity contribution >= 4 is 33.4 Å². The van der Waals surface area contributed by atoms with Gasteiger partial charge in [0.2, 0.25) is 5.91 Å². The van der Waals surface area contributed by atoms with Crippen LogP contribution in [0, 0.1) is 0 Å². The summed E-state index contributed by atoms with van der Waals surface area (Å²) in [5.41, 5.74) is 2.03. The van der Waals surface area contributed by atoms with Crippen LogP contribution >= 0.6 is 11.3 Å². The third-order valence-corrected chi connectivity index (χ3v) is 7.03. The third-order valence-electron chi connectivity index (χ3n) is 6.01.